The Morgan fingerprint density at radius 3 is 2.67 bits per heavy atom. The topological polar surface area (TPSA) is 41.6 Å². The van der Waals surface area contributed by atoms with E-state index >= 15 is 0 Å². The quantitative estimate of drug-likeness (QED) is 0.927. The molecule has 0 spiro atoms. The number of hydrogen-bond donors (Lipinski definition) is 1. The van der Waals surface area contributed by atoms with Gasteiger partial charge in [-0.2, -0.15) is 0 Å². The maximum atomic E-state index is 12.1. The number of amides is 1. The first-order valence-electron chi connectivity index (χ1n) is 7.49. The molecule has 0 aromatic heterocycles. The Morgan fingerprint density at radius 2 is 2.10 bits per heavy atom. The molecule has 2 rings (SSSR count). The van der Waals surface area contributed by atoms with Gasteiger partial charge in [0.1, 0.15) is 11.9 Å². The second-order valence-electron chi connectivity index (χ2n) is 6.91. The van der Waals surface area contributed by atoms with Crippen LogP contribution in [0.5, 0.6) is 5.75 Å². The van der Waals surface area contributed by atoms with Crippen molar-refractivity contribution in [3.05, 3.63) is 29.3 Å². The zero-order chi connectivity index (χ0) is 15.6. The number of benzene rings is 1. The maximum Gasteiger partial charge on any atom is 0.238 e. The number of carbonyl (C=O) groups excluding carboxylic acids is 1. The highest BCUT2D eigenvalue weighted by Crippen LogP contribution is 2.29. The van der Waals surface area contributed by atoms with E-state index in [1.165, 1.54) is 0 Å². The molecule has 1 N–H and O–H groups in total. The van der Waals surface area contributed by atoms with Crippen molar-refractivity contribution in [3.63, 3.8) is 0 Å². The monoisotopic (exact) mass is 290 g/mol. The minimum Gasteiger partial charge on any atom is -0.496 e. The van der Waals surface area contributed by atoms with Gasteiger partial charge in [0, 0.05) is 6.54 Å². The fraction of sp³-hybridized carbons (Fsp3) is 0.588. The van der Waals surface area contributed by atoms with E-state index in [9.17, 15) is 4.79 Å². The zero-order valence-corrected chi connectivity index (χ0v) is 13.7. The lowest BCUT2D eigenvalue weighted by atomic mass is 9.92. The van der Waals surface area contributed by atoms with Crippen LogP contribution in [-0.4, -0.2) is 31.0 Å². The highest BCUT2D eigenvalue weighted by atomic mass is 16.5. The minimum atomic E-state index is -0.0237. The largest absolute Gasteiger partial charge is 0.496 e. The molecule has 1 aliphatic rings. The molecule has 0 radical (unpaired) electrons. The summed E-state index contributed by atoms with van der Waals surface area (Å²) in [4.78, 5) is 14.1. The molecule has 4 heteroatoms. The van der Waals surface area contributed by atoms with Gasteiger partial charge in [-0.25, -0.2) is 0 Å². The zero-order valence-electron chi connectivity index (χ0n) is 13.7. The predicted molar refractivity (Wildman–Crippen MR) is 84.3 cm³/mol. The van der Waals surface area contributed by atoms with Crippen LogP contribution in [-0.2, 0) is 4.79 Å². The summed E-state index contributed by atoms with van der Waals surface area (Å²) in [6.45, 7) is 9.83. The van der Waals surface area contributed by atoms with E-state index in [-0.39, 0.29) is 17.5 Å². The molecule has 1 amide bonds. The molecule has 1 saturated heterocycles. The number of carbonyl (C=O) groups is 1. The van der Waals surface area contributed by atoms with E-state index in [1.807, 2.05) is 24.0 Å². The van der Waals surface area contributed by atoms with E-state index in [0.717, 1.165) is 29.8 Å². The molecule has 1 fully saturated rings. The van der Waals surface area contributed by atoms with Gasteiger partial charge in [-0.05, 0) is 42.0 Å². The van der Waals surface area contributed by atoms with Crippen molar-refractivity contribution in [3.8, 4) is 5.75 Å². The lowest BCUT2D eigenvalue weighted by molar-refractivity contribution is -0.128. The van der Waals surface area contributed by atoms with Crippen LogP contribution in [0, 0.1) is 12.3 Å². The molecular weight excluding hydrogens is 264 g/mol. The van der Waals surface area contributed by atoms with Gasteiger partial charge in [-0.1, -0.05) is 26.8 Å². The van der Waals surface area contributed by atoms with Gasteiger partial charge in [0.25, 0.3) is 0 Å². The Balaban J connectivity index is 2.17. The van der Waals surface area contributed by atoms with E-state index < -0.39 is 0 Å². The van der Waals surface area contributed by atoms with Crippen molar-refractivity contribution in [1.29, 1.82) is 0 Å². The third kappa shape index (κ3) is 3.76. The van der Waals surface area contributed by atoms with Crippen molar-refractivity contribution >= 4 is 5.91 Å². The first-order chi connectivity index (χ1) is 9.81. The van der Waals surface area contributed by atoms with E-state index in [4.69, 9.17) is 4.74 Å². The summed E-state index contributed by atoms with van der Waals surface area (Å²) in [5, 5.41) is 3.31. The standard InChI is InChI=1S/C17H26N2O2/c1-12-10-13(6-7-14(12)21-5)16-18-11-15(20)19(16)9-8-17(2,3)4/h6-7,10,16,18H,8-9,11H2,1-5H3. The Labute approximate surface area is 127 Å². The van der Waals surface area contributed by atoms with E-state index in [0.29, 0.717) is 6.54 Å². The van der Waals surface area contributed by atoms with Crippen molar-refractivity contribution in [1.82, 2.24) is 10.2 Å². The minimum absolute atomic E-state index is 0.0237. The fourth-order valence-corrected chi connectivity index (χ4v) is 2.62. The molecule has 0 bridgehead atoms. The number of nitrogens with zero attached hydrogens (tertiary/aromatic N) is 1. The molecule has 1 atom stereocenters. The van der Waals surface area contributed by atoms with Crippen molar-refractivity contribution in [2.45, 2.75) is 40.3 Å². The van der Waals surface area contributed by atoms with Crippen molar-refractivity contribution in [2.24, 2.45) is 5.41 Å². The van der Waals surface area contributed by atoms with Gasteiger partial charge in [0.15, 0.2) is 0 Å². The average Bonchev–Trinajstić information content (AvgIpc) is 2.76. The summed E-state index contributed by atoms with van der Waals surface area (Å²) in [5.41, 5.74) is 2.43. The molecule has 1 heterocycles. The maximum absolute atomic E-state index is 12.1. The highest BCUT2D eigenvalue weighted by molar-refractivity contribution is 5.81. The van der Waals surface area contributed by atoms with Gasteiger partial charge >= 0.3 is 0 Å². The predicted octanol–water partition coefficient (Wildman–Crippen LogP) is 2.87. The summed E-state index contributed by atoms with van der Waals surface area (Å²) in [6, 6.07) is 6.10. The number of methoxy groups -OCH3 is 1. The first-order valence-corrected chi connectivity index (χ1v) is 7.49. The van der Waals surface area contributed by atoms with Crippen LogP contribution >= 0.6 is 0 Å². The lowest BCUT2D eigenvalue weighted by Gasteiger charge is -2.28. The number of rotatable bonds is 4. The molecule has 4 nitrogen and oxygen atoms in total. The molecule has 1 unspecified atom stereocenters. The van der Waals surface area contributed by atoms with Gasteiger partial charge in [0.2, 0.25) is 5.91 Å². The van der Waals surface area contributed by atoms with Gasteiger partial charge < -0.3 is 9.64 Å². The SMILES string of the molecule is COc1ccc(C2NCC(=O)N2CCC(C)(C)C)cc1C. The summed E-state index contributed by atoms with van der Waals surface area (Å²) in [6.07, 6.45) is 0.968. The normalized spacial score (nSPS) is 19.2. The van der Waals surface area contributed by atoms with Gasteiger partial charge in [-0.15, -0.1) is 0 Å². The number of hydrogen-bond acceptors (Lipinski definition) is 3. The lowest BCUT2D eigenvalue weighted by Crippen LogP contribution is -2.33. The van der Waals surface area contributed by atoms with E-state index in [1.54, 1.807) is 7.11 Å². The Hall–Kier alpha value is -1.55. The molecule has 21 heavy (non-hydrogen) atoms. The molecule has 1 aromatic carbocycles. The van der Waals surface area contributed by atoms with Crippen LogP contribution in [0.1, 0.15) is 44.5 Å². The number of nitrogens with one attached hydrogen (secondary N) is 1. The molecule has 116 valence electrons. The smallest absolute Gasteiger partial charge is 0.238 e. The summed E-state index contributed by atoms with van der Waals surface area (Å²) in [5.74, 6) is 1.06. The third-order valence-corrected chi connectivity index (χ3v) is 3.92. The van der Waals surface area contributed by atoms with E-state index in [2.05, 4.69) is 32.2 Å². The van der Waals surface area contributed by atoms with Gasteiger partial charge in [0.05, 0.1) is 13.7 Å². The second-order valence-corrected chi connectivity index (χ2v) is 6.91. The Bertz CT molecular complexity index is 520. The van der Waals surface area contributed by atoms with Gasteiger partial charge in [-0.3, -0.25) is 10.1 Å². The summed E-state index contributed by atoms with van der Waals surface area (Å²) < 4.78 is 5.30. The fourth-order valence-electron chi connectivity index (χ4n) is 2.62. The third-order valence-electron chi connectivity index (χ3n) is 3.92. The molecule has 1 aliphatic heterocycles. The van der Waals surface area contributed by atoms with Crippen LogP contribution in [0.15, 0.2) is 18.2 Å². The molecule has 0 aliphatic carbocycles. The van der Waals surface area contributed by atoms with Crippen LogP contribution < -0.4 is 10.1 Å². The molecular formula is C17H26N2O2. The second kappa shape index (κ2) is 6.06. The molecule has 1 aromatic rings. The summed E-state index contributed by atoms with van der Waals surface area (Å²) in [7, 11) is 1.68. The number of ether oxygens (including phenoxy) is 1. The van der Waals surface area contributed by atoms with Crippen LogP contribution in [0.2, 0.25) is 0 Å². The van der Waals surface area contributed by atoms with Crippen LogP contribution in [0.25, 0.3) is 0 Å². The Morgan fingerprint density at radius 1 is 1.38 bits per heavy atom. The average molecular weight is 290 g/mol. The molecule has 0 saturated carbocycles. The number of aryl methyl sites for hydroxylation is 1. The van der Waals surface area contributed by atoms with Crippen molar-refractivity contribution in [2.75, 3.05) is 20.2 Å². The van der Waals surface area contributed by atoms with Crippen molar-refractivity contribution < 1.29 is 9.53 Å². The van der Waals surface area contributed by atoms with Crippen LogP contribution in [0.4, 0.5) is 0 Å². The summed E-state index contributed by atoms with van der Waals surface area (Å²) >= 11 is 0. The first kappa shape index (κ1) is 15.8. The highest BCUT2D eigenvalue weighted by Gasteiger charge is 2.32. The van der Waals surface area contributed by atoms with Crippen LogP contribution in [0.3, 0.4) is 0 Å². The Kier molecular flexibility index (Phi) is 4.57.